The van der Waals surface area contributed by atoms with Gasteiger partial charge in [0.15, 0.2) is 0 Å². The van der Waals surface area contributed by atoms with Crippen LogP contribution in [0.3, 0.4) is 0 Å². The van der Waals surface area contributed by atoms with Crippen molar-refractivity contribution in [2.75, 3.05) is 18.0 Å². The Kier molecular flexibility index (Phi) is 4.53. The molecule has 0 aromatic carbocycles. The fraction of sp³-hybridized carbons (Fsp3) is 0.714. The molecule has 1 saturated heterocycles. The van der Waals surface area contributed by atoms with Gasteiger partial charge in [-0.3, -0.25) is 0 Å². The molecule has 4 nitrogen and oxygen atoms in total. The van der Waals surface area contributed by atoms with Gasteiger partial charge in [-0.05, 0) is 38.1 Å². The lowest BCUT2D eigenvalue weighted by Crippen LogP contribution is -2.30. The highest BCUT2D eigenvalue weighted by atomic mass is 15.2. The van der Waals surface area contributed by atoms with Gasteiger partial charge in [-0.2, -0.15) is 0 Å². The number of rotatable bonds is 5. The maximum absolute atomic E-state index is 5.61. The zero-order chi connectivity index (χ0) is 13.0. The minimum Gasteiger partial charge on any atom is -0.354 e. The Morgan fingerprint density at radius 3 is 3.00 bits per heavy atom. The fourth-order valence-electron chi connectivity index (χ4n) is 2.63. The van der Waals surface area contributed by atoms with Gasteiger partial charge in [0.25, 0.3) is 0 Å². The highest BCUT2D eigenvalue weighted by molar-refractivity contribution is 5.42. The van der Waals surface area contributed by atoms with Crippen LogP contribution in [0.1, 0.15) is 51.1 Å². The number of nitrogens with two attached hydrogens (primary N) is 1. The first-order valence-electron chi connectivity index (χ1n) is 7.01. The van der Waals surface area contributed by atoms with Gasteiger partial charge in [0.05, 0.1) is 0 Å². The minimum absolute atomic E-state index is 0.455. The van der Waals surface area contributed by atoms with Crippen molar-refractivity contribution in [3.63, 3.8) is 0 Å². The molecule has 1 aliphatic heterocycles. The van der Waals surface area contributed by atoms with E-state index in [-0.39, 0.29) is 0 Å². The summed E-state index contributed by atoms with van der Waals surface area (Å²) in [5.41, 5.74) is 6.74. The third-order valence-electron chi connectivity index (χ3n) is 3.68. The summed E-state index contributed by atoms with van der Waals surface area (Å²) >= 11 is 0. The van der Waals surface area contributed by atoms with Gasteiger partial charge in [0, 0.05) is 24.3 Å². The molecule has 18 heavy (non-hydrogen) atoms. The van der Waals surface area contributed by atoms with Crippen LogP contribution in [0.5, 0.6) is 0 Å². The second kappa shape index (κ2) is 6.14. The fourth-order valence-corrected chi connectivity index (χ4v) is 2.63. The predicted molar refractivity (Wildman–Crippen MR) is 74.8 cm³/mol. The van der Waals surface area contributed by atoms with E-state index < -0.39 is 0 Å². The average Bonchev–Trinajstić information content (AvgIpc) is 2.84. The molecule has 0 radical (unpaired) electrons. The highest BCUT2D eigenvalue weighted by Crippen LogP contribution is 2.27. The summed E-state index contributed by atoms with van der Waals surface area (Å²) in [5.74, 6) is 1.55. The Hall–Kier alpha value is -1.16. The van der Waals surface area contributed by atoms with E-state index in [1.165, 1.54) is 19.3 Å². The maximum Gasteiger partial charge on any atom is 0.132 e. The van der Waals surface area contributed by atoms with Crippen LogP contribution in [0.25, 0.3) is 0 Å². The smallest absolute Gasteiger partial charge is 0.132 e. The van der Waals surface area contributed by atoms with Crippen molar-refractivity contribution >= 4 is 5.82 Å². The standard InChI is InChI=1S/C14H24N4/c1-11(2)13-9-14(17-10-16-13)18-8-4-6-12(18)5-3-7-15/h9-12H,3-8,15H2,1-2H3. The molecule has 1 atom stereocenters. The van der Waals surface area contributed by atoms with Crippen LogP contribution in [0, 0.1) is 0 Å². The van der Waals surface area contributed by atoms with Crippen molar-refractivity contribution < 1.29 is 0 Å². The summed E-state index contributed by atoms with van der Waals surface area (Å²) in [4.78, 5) is 11.2. The number of hydrogen-bond donors (Lipinski definition) is 1. The van der Waals surface area contributed by atoms with E-state index in [0.717, 1.165) is 31.0 Å². The van der Waals surface area contributed by atoms with Gasteiger partial charge >= 0.3 is 0 Å². The Morgan fingerprint density at radius 2 is 2.28 bits per heavy atom. The van der Waals surface area contributed by atoms with Crippen LogP contribution in [0.4, 0.5) is 5.82 Å². The average molecular weight is 248 g/mol. The molecule has 1 aliphatic rings. The molecule has 2 rings (SSSR count). The van der Waals surface area contributed by atoms with E-state index in [9.17, 15) is 0 Å². The van der Waals surface area contributed by atoms with Crippen LogP contribution < -0.4 is 10.6 Å². The Bertz CT molecular complexity index is 378. The Labute approximate surface area is 110 Å². The van der Waals surface area contributed by atoms with Gasteiger partial charge in [-0.25, -0.2) is 9.97 Å². The van der Waals surface area contributed by atoms with E-state index in [4.69, 9.17) is 5.73 Å². The molecule has 0 aliphatic carbocycles. The first-order chi connectivity index (χ1) is 8.72. The van der Waals surface area contributed by atoms with Crippen molar-refractivity contribution in [2.45, 2.75) is 51.5 Å². The van der Waals surface area contributed by atoms with Crippen LogP contribution >= 0.6 is 0 Å². The number of aromatic nitrogens is 2. The van der Waals surface area contributed by atoms with Crippen molar-refractivity contribution in [1.29, 1.82) is 0 Å². The zero-order valence-corrected chi connectivity index (χ0v) is 11.5. The Balaban J connectivity index is 2.11. The molecule has 1 fully saturated rings. The zero-order valence-electron chi connectivity index (χ0n) is 11.5. The molecule has 4 heteroatoms. The molecular formula is C14H24N4. The third-order valence-corrected chi connectivity index (χ3v) is 3.68. The van der Waals surface area contributed by atoms with Gasteiger partial charge < -0.3 is 10.6 Å². The topological polar surface area (TPSA) is 55.0 Å². The molecule has 1 aromatic rings. The van der Waals surface area contributed by atoms with Crippen molar-refractivity contribution in [3.05, 3.63) is 18.1 Å². The van der Waals surface area contributed by atoms with Gasteiger partial charge in [0.1, 0.15) is 12.1 Å². The summed E-state index contributed by atoms with van der Waals surface area (Å²) in [7, 11) is 0. The molecule has 1 unspecified atom stereocenters. The molecule has 2 heterocycles. The number of nitrogens with zero attached hydrogens (tertiary/aromatic N) is 3. The molecule has 0 saturated carbocycles. The normalized spacial score (nSPS) is 19.8. The van der Waals surface area contributed by atoms with Crippen LogP contribution in [-0.2, 0) is 0 Å². The summed E-state index contributed by atoms with van der Waals surface area (Å²) in [5, 5.41) is 0. The maximum atomic E-state index is 5.61. The highest BCUT2D eigenvalue weighted by Gasteiger charge is 2.25. The molecule has 0 spiro atoms. The van der Waals surface area contributed by atoms with Gasteiger partial charge in [-0.1, -0.05) is 13.8 Å². The van der Waals surface area contributed by atoms with Gasteiger partial charge in [-0.15, -0.1) is 0 Å². The first-order valence-corrected chi connectivity index (χ1v) is 7.01. The Morgan fingerprint density at radius 1 is 1.44 bits per heavy atom. The van der Waals surface area contributed by atoms with E-state index in [1.54, 1.807) is 6.33 Å². The van der Waals surface area contributed by atoms with E-state index in [2.05, 4.69) is 34.8 Å². The largest absolute Gasteiger partial charge is 0.354 e. The van der Waals surface area contributed by atoms with Gasteiger partial charge in [0.2, 0.25) is 0 Å². The predicted octanol–water partition coefficient (Wildman–Crippen LogP) is 2.31. The molecule has 0 bridgehead atoms. The lowest BCUT2D eigenvalue weighted by Gasteiger charge is -2.26. The van der Waals surface area contributed by atoms with Crippen molar-refractivity contribution in [2.24, 2.45) is 5.73 Å². The van der Waals surface area contributed by atoms with Crippen molar-refractivity contribution in [1.82, 2.24) is 9.97 Å². The van der Waals surface area contributed by atoms with Crippen molar-refractivity contribution in [3.8, 4) is 0 Å². The molecule has 2 N–H and O–H groups in total. The summed E-state index contributed by atoms with van der Waals surface area (Å²) in [6.07, 6.45) is 6.50. The quantitative estimate of drug-likeness (QED) is 0.868. The van der Waals surface area contributed by atoms with Crippen LogP contribution in [0.2, 0.25) is 0 Å². The monoisotopic (exact) mass is 248 g/mol. The lowest BCUT2D eigenvalue weighted by atomic mass is 10.1. The number of anilines is 1. The summed E-state index contributed by atoms with van der Waals surface area (Å²) in [6.45, 7) is 6.24. The van der Waals surface area contributed by atoms with E-state index >= 15 is 0 Å². The molecule has 1 aromatic heterocycles. The molecular weight excluding hydrogens is 224 g/mol. The second-order valence-electron chi connectivity index (χ2n) is 5.38. The first kappa shape index (κ1) is 13.3. The second-order valence-corrected chi connectivity index (χ2v) is 5.38. The minimum atomic E-state index is 0.455. The van der Waals surface area contributed by atoms with E-state index in [0.29, 0.717) is 12.0 Å². The van der Waals surface area contributed by atoms with Crippen LogP contribution in [0.15, 0.2) is 12.4 Å². The lowest BCUT2D eigenvalue weighted by molar-refractivity contribution is 0.581. The summed E-state index contributed by atoms with van der Waals surface area (Å²) < 4.78 is 0. The number of hydrogen-bond acceptors (Lipinski definition) is 4. The SMILES string of the molecule is CC(C)c1cc(N2CCCC2CCCN)ncn1. The third kappa shape index (κ3) is 2.99. The summed E-state index contributed by atoms with van der Waals surface area (Å²) in [6, 6.07) is 2.76. The molecule has 100 valence electrons. The van der Waals surface area contributed by atoms with E-state index in [1.807, 2.05) is 0 Å². The van der Waals surface area contributed by atoms with Crippen LogP contribution in [-0.4, -0.2) is 29.1 Å². The molecule has 0 amide bonds.